The minimum atomic E-state index is -3.60. The number of benzene rings is 1. The van der Waals surface area contributed by atoms with E-state index in [9.17, 15) is 13.2 Å². The quantitative estimate of drug-likeness (QED) is 0.647. The molecule has 1 spiro atoms. The van der Waals surface area contributed by atoms with Crippen LogP contribution in [0, 0.1) is 0 Å². The molecule has 3 heterocycles. The Hall–Kier alpha value is -2.98. The molecule has 30 heavy (non-hydrogen) atoms. The van der Waals surface area contributed by atoms with Gasteiger partial charge in [0.2, 0.25) is 10.0 Å². The van der Waals surface area contributed by atoms with Crippen molar-refractivity contribution in [2.45, 2.75) is 24.1 Å². The molecule has 1 aliphatic carbocycles. The van der Waals surface area contributed by atoms with Crippen molar-refractivity contribution in [3.8, 4) is 0 Å². The topological polar surface area (TPSA) is 125 Å². The van der Waals surface area contributed by atoms with Crippen LogP contribution in [0.3, 0.4) is 0 Å². The van der Waals surface area contributed by atoms with Gasteiger partial charge < -0.3 is 14.8 Å². The summed E-state index contributed by atoms with van der Waals surface area (Å²) in [6, 6.07) is 8.64. The van der Waals surface area contributed by atoms with Crippen LogP contribution < -0.4 is 10.0 Å². The van der Waals surface area contributed by atoms with E-state index in [2.05, 4.69) is 19.9 Å². The van der Waals surface area contributed by atoms with Crippen molar-refractivity contribution in [2.24, 2.45) is 5.14 Å². The van der Waals surface area contributed by atoms with Gasteiger partial charge in [0, 0.05) is 31.4 Å². The fourth-order valence-electron chi connectivity index (χ4n) is 4.29. The Labute approximate surface area is 174 Å². The Morgan fingerprint density at radius 1 is 1.13 bits per heavy atom. The number of carbonyl (C=O) groups is 1. The van der Waals surface area contributed by atoms with Crippen molar-refractivity contribution in [3.63, 3.8) is 0 Å². The predicted octanol–water partition coefficient (Wildman–Crippen LogP) is 1.24. The molecule has 0 bridgehead atoms. The van der Waals surface area contributed by atoms with Crippen molar-refractivity contribution < 1.29 is 13.2 Å². The lowest BCUT2D eigenvalue weighted by Crippen LogP contribution is -2.57. The van der Waals surface area contributed by atoms with E-state index >= 15 is 0 Å². The first kappa shape index (κ1) is 19.0. The lowest BCUT2D eigenvalue weighted by Gasteiger charge is -2.43. The number of nitrogens with one attached hydrogen (secondary N) is 1. The number of anilines is 1. The van der Waals surface area contributed by atoms with Crippen LogP contribution in [0.15, 0.2) is 42.9 Å². The SMILES string of the molecule is NS(=O)(=O)Cc1ccc(C(=O)N2CCN(c3ncnc4[nH]ccc34)CC23CC3)cc1. The molecule has 2 fully saturated rings. The molecular formula is C20H22N6O3S. The van der Waals surface area contributed by atoms with Crippen LogP contribution in [-0.2, 0) is 15.8 Å². The summed E-state index contributed by atoms with van der Waals surface area (Å²) in [6.07, 6.45) is 5.34. The molecule has 0 atom stereocenters. The summed E-state index contributed by atoms with van der Waals surface area (Å²) in [4.78, 5) is 29.3. The van der Waals surface area contributed by atoms with Crippen LogP contribution in [-0.4, -0.2) is 59.4 Å². The van der Waals surface area contributed by atoms with Gasteiger partial charge in [0.05, 0.1) is 16.7 Å². The first-order valence-corrected chi connectivity index (χ1v) is 11.5. The van der Waals surface area contributed by atoms with Crippen LogP contribution in [0.4, 0.5) is 5.82 Å². The Kier molecular flexibility index (Phi) is 4.30. The number of hydrogen-bond donors (Lipinski definition) is 2. The molecular weight excluding hydrogens is 404 g/mol. The number of H-pyrrole nitrogens is 1. The Bertz CT molecular complexity index is 1220. The third kappa shape index (κ3) is 3.41. The molecule has 156 valence electrons. The van der Waals surface area contributed by atoms with Crippen molar-refractivity contribution >= 4 is 32.8 Å². The van der Waals surface area contributed by atoms with Crippen molar-refractivity contribution in [1.29, 1.82) is 0 Å². The summed E-state index contributed by atoms with van der Waals surface area (Å²) in [6.45, 7) is 2.03. The minimum absolute atomic E-state index is 0.0243. The van der Waals surface area contributed by atoms with Gasteiger partial charge in [-0.05, 0) is 36.6 Å². The van der Waals surface area contributed by atoms with Crippen LogP contribution in [0.2, 0.25) is 0 Å². The Morgan fingerprint density at radius 2 is 1.90 bits per heavy atom. The lowest BCUT2D eigenvalue weighted by molar-refractivity contribution is 0.0624. The highest BCUT2D eigenvalue weighted by Crippen LogP contribution is 2.46. The number of aromatic nitrogens is 3. The summed E-state index contributed by atoms with van der Waals surface area (Å²) >= 11 is 0. The van der Waals surface area contributed by atoms with E-state index in [0.717, 1.165) is 36.2 Å². The van der Waals surface area contributed by atoms with E-state index in [4.69, 9.17) is 5.14 Å². The van der Waals surface area contributed by atoms with E-state index in [1.165, 1.54) is 0 Å². The summed E-state index contributed by atoms with van der Waals surface area (Å²) in [5.41, 5.74) is 1.76. The highest BCUT2D eigenvalue weighted by molar-refractivity contribution is 7.88. The standard InChI is InChI=1S/C20H22N6O3S/c21-30(28,29)11-14-1-3-15(4-2-14)19(27)26-10-9-25(12-20(26)6-7-20)18-16-5-8-22-17(16)23-13-24-18/h1-5,8,13H,6-7,9-12H2,(H2,21,28,29)(H,22,23,24). The monoisotopic (exact) mass is 426 g/mol. The van der Waals surface area contributed by atoms with Crippen molar-refractivity contribution in [1.82, 2.24) is 19.9 Å². The van der Waals surface area contributed by atoms with Gasteiger partial charge in [-0.25, -0.2) is 23.5 Å². The number of nitrogens with two attached hydrogens (primary N) is 1. The summed E-state index contributed by atoms with van der Waals surface area (Å²) in [5.74, 6) is 0.632. The van der Waals surface area contributed by atoms with Crippen LogP contribution in [0.5, 0.6) is 0 Å². The second kappa shape index (κ2) is 6.78. The number of nitrogens with zero attached hydrogens (tertiary/aromatic N) is 4. The first-order valence-electron chi connectivity index (χ1n) is 9.79. The molecule has 2 aliphatic rings. The van der Waals surface area contributed by atoms with E-state index in [1.807, 2.05) is 17.2 Å². The third-order valence-corrected chi connectivity index (χ3v) is 6.66. The molecule has 1 aromatic carbocycles. The number of hydrogen-bond acceptors (Lipinski definition) is 6. The molecule has 1 saturated carbocycles. The maximum Gasteiger partial charge on any atom is 0.254 e. The average Bonchev–Trinajstić information content (AvgIpc) is 3.29. The zero-order valence-electron chi connectivity index (χ0n) is 16.3. The van der Waals surface area contributed by atoms with Gasteiger partial charge in [-0.3, -0.25) is 4.79 Å². The van der Waals surface area contributed by atoms with Crippen LogP contribution in [0.25, 0.3) is 11.0 Å². The Morgan fingerprint density at radius 3 is 2.60 bits per heavy atom. The number of piperazine rings is 1. The fraction of sp³-hybridized carbons (Fsp3) is 0.350. The zero-order chi connectivity index (χ0) is 20.9. The maximum atomic E-state index is 13.2. The van der Waals surface area contributed by atoms with E-state index in [-0.39, 0.29) is 17.2 Å². The highest BCUT2D eigenvalue weighted by Gasteiger charge is 2.53. The van der Waals surface area contributed by atoms with Gasteiger partial charge in [0.25, 0.3) is 5.91 Å². The summed E-state index contributed by atoms with van der Waals surface area (Å²) < 4.78 is 22.5. The van der Waals surface area contributed by atoms with Crippen LogP contribution >= 0.6 is 0 Å². The zero-order valence-corrected chi connectivity index (χ0v) is 17.1. The first-order chi connectivity index (χ1) is 14.3. The normalized spacial score (nSPS) is 18.2. The summed E-state index contributed by atoms with van der Waals surface area (Å²) in [7, 11) is -3.60. The van der Waals surface area contributed by atoms with Gasteiger partial charge >= 0.3 is 0 Å². The summed E-state index contributed by atoms with van der Waals surface area (Å²) in [5, 5.41) is 6.08. The molecule has 0 unspecified atom stereocenters. The molecule has 3 N–H and O–H groups in total. The number of aromatic amines is 1. The number of fused-ring (bicyclic) bond motifs is 1. The van der Waals surface area contributed by atoms with E-state index < -0.39 is 10.0 Å². The highest BCUT2D eigenvalue weighted by atomic mass is 32.2. The molecule has 1 amide bonds. The fourth-order valence-corrected chi connectivity index (χ4v) is 4.95. The smallest absolute Gasteiger partial charge is 0.254 e. The molecule has 2 aromatic heterocycles. The van der Waals surface area contributed by atoms with Gasteiger partial charge in [-0.15, -0.1) is 0 Å². The molecule has 0 radical (unpaired) electrons. The lowest BCUT2D eigenvalue weighted by atomic mass is 10.1. The molecule has 5 rings (SSSR count). The third-order valence-electron chi connectivity index (χ3n) is 5.92. The number of primary sulfonamides is 1. The van der Waals surface area contributed by atoms with Gasteiger partial charge in [-0.1, -0.05) is 12.1 Å². The van der Waals surface area contributed by atoms with E-state index in [0.29, 0.717) is 24.2 Å². The number of amides is 1. The van der Waals surface area contributed by atoms with Crippen molar-refractivity contribution in [3.05, 3.63) is 54.0 Å². The minimum Gasteiger partial charge on any atom is -0.352 e. The van der Waals surface area contributed by atoms with Crippen LogP contribution in [0.1, 0.15) is 28.8 Å². The van der Waals surface area contributed by atoms with Crippen molar-refractivity contribution in [2.75, 3.05) is 24.5 Å². The molecule has 3 aromatic rings. The molecule has 10 heteroatoms. The number of carbonyl (C=O) groups excluding carboxylic acids is 1. The second-order valence-corrected chi connectivity index (χ2v) is 9.66. The average molecular weight is 427 g/mol. The largest absolute Gasteiger partial charge is 0.352 e. The van der Waals surface area contributed by atoms with Gasteiger partial charge in [0.1, 0.15) is 17.8 Å². The Balaban J connectivity index is 1.35. The second-order valence-electron chi connectivity index (χ2n) is 8.04. The number of sulfonamides is 1. The molecule has 9 nitrogen and oxygen atoms in total. The maximum absolute atomic E-state index is 13.2. The van der Waals surface area contributed by atoms with Gasteiger partial charge in [-0.2, -0.15) is 0 Å². The molecule has 1 saturated heterocycles. The molecule has 1 aliphatic heterocycles. The predicted molar refractivity (Wildman–Crippen MR) is 112 cm³/mol. The number of rotatable bonds is 4. The van der Waals surface area contributed by atoms with E-state index in [1.54, 1.807) is 30.6 Å². The van der Waals surface area contributed by atoms with Gasteiger partial charge in [0.15, 0.2) is 0 Å².